The number of hydrogen-bond donors (Lipinski definition) is 1. The minimum atomic E-state index is -0.438. The van der Waals surface area contributed by atoms with Crippen molar-refractivity contribution in [3.8, 4) is 11.5 Å². The monoisotopic (exact) mass is 209 g/mol. The van der Waals surface area contributed by atoms with Crippen molar-refractivity contribution in [3.63, 3.8) is 0 Å². The zero-order valence-electron chi connectivity index (χ0n) is 10.0. The summed E-state index contributed by atoms with van der Waals surface area (Å²) in [5.41, 5.74) is 7.63. The van der Waals surface area contributed by atoms with Gasteiger partial charge in [-0.25, -0.2) is 0 Å². The molecule has 0 heterocycles. The molecule has 0 aliphatic carbocycles. The SMILES string of the molecule is COc1cc(C(C)(C)N)c(OC)cc1C. The lowest BCUT2D eigenvalue weighted by Gasteiger charge is -2.23. The molecule has 3 nitrogen and oxygen atoms in total. The van der Waals surface area contributed by atoms with Crippen LogP contribution in [0, 0.1) is 6.92 Å². The van der Waals surface area contributed by atoms with Crippen molar-refractivity contribution < 1.29 is 9.47 Å². The van der Waals surface area contributed by atoms with Gasteiger partial charge in [0.1, 0.15) is 11.5 Å². The van der Waals surface area contributed by atoms with Gasteiger partial charge in [-0.1, -0.05) is 0 Å². The Morgan fingerprint density at radius 1 is 1.07 bits per heavy atom. The van der Waals surface area contributed by atoms with Gasteiger partial charge in [0.25, 0.3) is 0 Å². The molecule has 0 saturated heterocycles. The van der Waals surface area contributed by atoms with Crippen LogP contribution in [-0.2, 0) is 5.54 Å². The largest absolute Gasteiger partial charge is 0.496 e. The van der Waals surface area contributed by atoms with E-state index in [0.29, 0.717) is 0 Å². The molecule has 0 aromatic heterocycles. The number of rotatable bonds is 3. The Bertz CT molecular complexity index is 353. The van der Waals surface area contributed by atoms with Crippen LogP contribution in [0.25, 0.3) is 0 Å². The molecule has 1 aromatic carbocycles. The number of benzene rings is 1. The molecule has 1 rings (SSSR count). The Kier molecular flexibility index (Phi) is 3.25. The lowest BCUT2D eigenvalue weighted by molar-refractivity contribution is 0.383. The van der Waals surface area contributed by atoms with Crippen molar-refractivity contribution in [3.05, 3.63) is 23.3 Å². The predicted molar refractivity (Wildman–Crippen MR) is 61.5 cm³/mol. The van der Waals surface area contributed by atoms with E-state index in [1.54, 1.807) is 14.2 Å². The summed E-state index contributed by atoms with van der Waals surface area (Å²) >= 11 is 0. The smallest absolute Gasteiger partial charge is 0.124 e. The number of hydrogen-bond acceptors (Lipinski definition) is 3. The van der Waals surface area contributed by atoms with Gasteiger partial charge in [0, 0.05) is 11.1 Å². The molecular formula is C12H19NO2. The fourth-order valence-corrected chi connectivity index (χ4v) is 1.55. The van der Waals surface area contributed by atoms with Gasteiger partial charge in [-0.15, -0.1) is 0 Å². The minimum absolute atomic E-state index is 0.438. The second-order valence-corrected chi connectivity index (χ2v) is 4.24. The molecule has 0 amide bonds. The average molecular weight is 209 g/mol. The maximum atomic E-state index is 6.07. The third-order valence-electron chi connectivity index (χ3n) is 2.41. The third-order valence-corrected chi connectivity index (χ3v) is 2.41. The predicted octanol–water partition coefficient (Wildman–Crippen LogP) is 2.21. The van der Waals surface area contributed by atoms with Gasteiger partial charge in [-0.3, -0.25) is 0 Å². The number of aryl methyl sites for hydroxylation is 1. The van der Waals surface area contributed by atoms with Gasteiger partial charge in [-0.2, -0.15) is 0 Å². The molecule has 0 radical (unpaired) electrons. The van der Waals surface area contributed by atoms with Crippen molar-refractivity contribution in [1.82, 2.24) is 0 Å². The van der Waals surface area contributed by atoms with E-state index in [0.717, 1.165) is 22.6 Å². The summed E-state index contributed by atoms with van der Waals surface area (Å²) in [4.78, 5) is 0. The summed E-state index contributed by atoms with van der Waals surface area (Å²) in [5.74, 6) is 1.64. The maximum absolute atomic E-state index is 6.07. The Labute approximate surface area is 91.2 Å². The van der Waals surface area contributed by atoms with Crippen molar-refractivity contribution in [2.75, 3.05) is 14.2 Å². The summed E-state index contributed by atoms with van der Waals surface area (Å²) in [6.45, 7) is 5.87. The molecule has 0 bridgehead atoms. The molecule has 84 valence electrons. The van der Waals surface area contributed by atoms with Crippen molar-refractivity contribution in [1.29, 1.82) is 0 Å². The fraction of sp³-hybridized carbons (Fsp3) is 0.500. The van der Waals surface area contributed by atoms with Crippen molar-refractivity contribution in [2.45, 2.75) is 26.3 Å². The number of ether oxygens (including phenoxy) is 2. The lowest BCUT2D eigenvalue weighted by Crippen LogP contribution is -2.29. The third kappa shape index (κ3) is 2.42. The zero-order chi connectivity index (χ0) is 11.6. The van der Waals surface area contributed by atoms with Crippen LogP contribution < -0.4 is 15.2 Å². The topological polar surface area (TPSA) is 44.5 Å². The molecule has 1 aromatic rings. The van der Waals surface area contributed by atoms with Gasteiger partial charge in [0.05, 0.1) is 14.2 Å². The van der Waals surface area contributed by atoms with E-state index in [4.69, 9.17) is 15.2 Å². The first kappa shape index (κ1) is 11.9. The zero-order valence-corrected chi connectivity index (χ0v) is 10.0. The van der Waals surface area contributed by atoms with Crippen LogP contribution in [-0.4, -0.2) is 14.2 Å². The Morgan fingerprint density at radius 2 is 1.60 bits per heavy atom. The standard InChI is InChI=1S/C12H19NO2/c1-8-6-11(15-5)9(12(2,3)13)7-10(8)14-4/h6-7H,13H2,1-5H3. The molecule has 0 saturated carbocycles. The minimum Gasteiger partial charge on any atom is -0.496 e. The van der Waals surface area contributed by atoms with Gasteiger partial charge >= 0.3 is 0 Å². The van der Waals surface area contributed by atoms with Gasteiger partial charge < -0.3 is 15.2 Å². The van der Waals surface area contributed by atoms with Crippen LogP contribution in [0.4, 0.5) is 0 Å². The maximum Gasteiger partial charge on any atom is 0.124 e. The van der Waals surface area contributed by atoms with Crippen LogP contribution >= 0.6 is 0 Å². The first-order chi connectivity index (χ1) is 6.90. The van der Waals surface area contributed by atoms with E-state index in [2.05, 4.69) is 0 Å². The molecule has 2 N–H and O–H groups in total. The first-order valence-corrected chi connectivity index (χ1v) is 4.92. The van der Waals surface area contributed by atoms with Crippen LogP contribution in [0.15, 0.2) is 12.1 Å². The van der Waals surface area contributed by atoms with E-state index < -0.39 is 5.54 Å². The van der Waals surface area contributed by atoms with Crippen molar-refractivity contribution >= 4 is 0 Å². The highest BCUT2D eigenvalue weighted by Crippen LogP contribution is 2.33. The van der Waals surface area contributed by atoms with Crippen LogP contribution in [0.2, 0.25) is 0 Å². The molecular weight excluding hydrogens is 190 g/mol. The van der Waals surface area contributed by atoms with E-state index in [1.165, 1.54) is 0 Å². The summed E-state index contributed by atoms with van der Waals surface area (Å²) in [6, 6.07) is 3.89. The Balaban J connectivity index is 3.36. The van der Waals surface area contributed by atoms with E-state index >= 15 is 0 Å². The summed E-state index contributed by atoms with van der Waals surface area (Å²) in [5, 5.41) is 0. The fourth-order valence-electron chi connectivity index (χ4n) is 1.55. The van der Waals surface area contributed by atoms with E-state index in [9.17, 15) is 0 Å². The normalized spacial score (nSPS) is 11.3. The summed E-state index contributed by atoms with van der Waals surface area (Å²) in [7, 11) is 3.30. The van der Waals surface area contributed by atoms with Gasteiger partial charge in [0.15, 0.2) is 0 Å². The summed E-state index contributed by atoms with van der Waals surface area (Å²) in [6.07, 6.45) is 0. The number of nitrogens with two attached hydrogens (primary N) is 1. The molecule has 0 aliphatic rings. The van der Waals surface area contributed by atoms with Gasteiger partial charge in [-0.05, 0) is 38.5 Å². The molecule has 0 spiro atoms. The molecule has 0 fully saturated rings. The van der Waals surface area contributed by atoms with Crippen LogP contribution in [0.5, 0.6) is 11.5 Å². The molecule has 15 heavy (non-hydrogen) atoms. The lowest BCUT2D eigenvalue weighted by atomic mass is 9.93. The molecule has 0 unspecified atom stereocenters. The van der Waals surface area contributed by atoms with Gasteiger partial charge in [0.2, 0.25) is 0 Å². The molecule has 3 heteroatoms. The van der Waals surface area contributed by atoms with Crippen LogP contribution in [0.1, 0.15) is 25.0 Å². The average Bonchev–Trinajstić information content (AvgIpc) is 2.15. The van der Waals surface area contributed by atoms with E-state index in [1.807, 2.05) is 32.9 Å². The summed E-state index contributed by atoms with van der Waals surface area (Å²) < 4.78 is 10.6. The highest BCUT2D eigenvalue weighted by Gasteiger charge is 2.21. The highest BCUT2D eigenvalue weighted by atomic mass is 16.5. The second-order valence-electron chi connectivity index (χ2n) is 4.24. The Morgan fingerprint density at radius 3 is 2.00 bits per heavy atom. The van der Waals surface area contributed by atoms with E-state index in [-0.39, 0.29) is 0 Å². The Hall–Kier alpha value is -1.22. The first-order valence-electron chi connectivity index (χ1n) is 4.92. The van der Waals surface area contributed by atoms with Crippen molar-refractivity contribution in [2.24, 2.45) is 5.73 Å². The molecule has 0 aliphatic heterocycles. The second kappa shape index (κ2) is 4.11. The van der Waals surface area contributed by atoms with Crippen LogP contribution in [0.3, 0.4) is 0 Å². The molecule has 0 atom stereocenters. The quantitative estimate of drug-likeness (QED) is 0.830. The highest BCUT2D eigenvalue weighted by molar-refractivity contribution is 5.48. The number of methoxy groups -OCH3 is 2.